The number of furan rings is 1. The Hall–Kier alpha value is -2.67. The summed E-state index contributed by atoms with van der Waals surface area (Å²) in [4.78, 5) is 22.3. The third-order valence-corrected chi connectivity index (χ3v) is 3.44. The van der Waals surface area contributed by atoms with Crippen molar-refractivity contribution in [2.24, 2.45) is 0 Å². The van der Waals surface area contributed by atoms with E-state index in [9.17, 15) is 9.59 Å². The second kappa shape index (κ2) is 7.06. The summed E-state index contributed by atoms with van der Waals surface area (Å²) in [5.41, 5.74) is 2.27. The van der Waals surface area contributed by atoms with Gasteiger partial charge >= 0.3 is 5.97 Å². The van der Waals surface area contributed by atoms with Crippen LogP contribution in [0.3, 0.4) is 0 Å². The standard InChI is InChI=1S/C16H16N2O4S/c1-3-14(19)18-16(23)17-11-6-4-5-10(9(11)2)12-7-8-13(22-12)15(20)21/h4-8H,3H2,1-2H3,(H,20,21)(H2,17,18,19,23). The molecule has 0 atom stereocenters. The zero-order chi connectivity index (χ0) is 17.0. The zero-order valence-electron chi connectivity index (χ0n) is 12.7. The average molecular weight is 332 g/mol. The Balaban J connectivity index is 2.25. The molecule has 0 fully saturated rings. The fourth-order valence-electron chi connectivity index (χ4n) is 2.00. The molecule has 0 aliphatic heterocycles. The molecular formula is C16H16N2O4S. The number of carbonyl (C=O) groups excluding carboxylic acids is 1. The van der Waals surface area contributed by atoms with Gasteiger partial charge in [0, 0.05) is 17.7 Å². The number of carbonyl (C=O) groups is 2. The topological polar surface area (TPSA) is 91.6 Å². The minimum atomic E-state index is -1.12. The van der Waals surface area contributed by atoms with Crippen molar-refractivity contribution in [1.29, 1.82) is 0 Å². The second-order valence-corrected chi connectivity index (χ2v) is 5.21. The lowest BCUT2D eigenvalue weighted by Crippen LogP contribution is -2.33. The highest BCUT2D eigenvalue weighted by Gasteiger charge is 2.14. The van der Waals surface area contributed by atoms with Gasteiger partial charge in [-0.1, -0.05) is 19.1 Å². The van der Waals surface area contributed by atoms with Crippen LogP contribution in [0.15, 0.2) is 34.7 Å². The highest BCUT2D eigenvalue weighted by Crippen LogP contribution is 2.30. The molecule has 0 aliphatic carbocycles. The Morgan fingerprint density at radius 1 is 1.26 bits per heavy atom. The number of carboxylic acids is 1. The summed E-state index contributed by atoms with van der Waals surface area (Å²) in [7, 11) is 0. The summed E-state index contributed by atoms with van der Waals surface area (Å²) in [6, 6.07) is 8.43. The molecule has 6 nitrogen and oxygen atoms in total. The van der Waals surface area contributed by atoms with Crippen molar-refractivity contribution < 1.29 is 19.1 Å². The lowest BCUT2D eigenvalue weighted by Gasteiger charge is -2.13. The number of benzene rings is 1. The van der Waals surface area contributed by atoms with Gasteiger partial charge < -0.3 is 20.2 Å². The third-order valence-electron chi connectivity index (χ3n) is 3.24. The maximum absolute atomic E-state index is 11.3. The van der Waals surface area contributed by atoms with Crippen LogP contribution in [0.4, 0.5) is 5.69 Å². The van der Waals surface area contributed by atoms with Gasteiger partial charge in [-0.15, -0.1) is 0 Å². The number of aromatic carboxylic acids is 1. The van der Waals surface area contributed by atoms with Gasteiger partial charge in [0.05, 0.1) is 0 Å². The van der Waals surface area contributed by atoms with Crippen molar-refractivity contribution in [3.63, 3.8) is 0 Å². The number of thiocarbonyl (C=S) groups is 1. The molecule has 1 heterocycles. The van der Waals surface area contributed by atoms with Gasteiger partial charge in [0.1, 0.15) is 5.76 Å². The van der Waals surface area contributed by atoms with Crippen LogP contribution in [0, 0.1) is 6.92 Å². The van der Waals surface area contributed by atoms with Gasteiger partial charge in [0.2, 0.25) is 11.7 Å². The SMILES string of the molecule is CCC(=O)NC(=S)Nc1cccc(-c2ccc(C(=O)O)o2)c1C. The molecule has 23 heavy (non-hydrogen) atoms. The van der Waals surface area contributed by atoms with Crippen molar-refractivity contribution in [3.8, 4) is 11.3 Å². The van der Waals surface area contributed by atoms with E-state index >= 15 is 0 Å². The van der Waals surface area contributed by atoms with Crippen molar-refractivity contribution >= 4 is 34.9 Å². The van der Waals surface area contributed by atoms with E-state index < -0.39 is 5.97 Å². The molecule has 3 N–H and O–H groups in total. The van der Waals surface area contributed by atoms with E-state index in [-0.39, 0.29) is 16.8 Å². The quantitative estimate of drug-likeness (QED) is 0.745. The maximum Gasteiger partial charge on any atom is 0.371 e. The first-order chi connectivity index (χ1) is 10.9. The van der Waals surface area contributed by atoms with Gasteiger partial charge in [0.15, 0.2) is 5.11 Å². The molecule has 1 aromatic heterocycles. The van der Waals surface area contributed by atoms with Gasteiger partial charge in [0.25, 0.3) is 0 Å². The van der Waals surface area contributed by atoms with Crippen LogP contribution < -0.4 is 10.6 Å². The molecule has 7 heteroatoms. The van der Waals surface area contributed by atoms with Crippen LogP contribution in [0.25, 0.3) is 11.3 Å². The lowest BCUT2D eigenvalue weighted by molar-refractivity contribution is -0.119. The summed E-state index contributed by atoms with van der Waals surface area (Å²) in [5, 5.41) is 14.7. The molecule has 0 radical (unpaired) electrons. The van der Waals surface area contributed by atoms with E-state index in [0.717, 1.165) is 11.1 Å². The highest BCUT2D eigenvalue weighted by atomic mass is 32.1. The Morgan fingerprint density at radius 2 is 2.00 bits per heavy atom. The predicted molar refractivity (Wildman–Crippen MR) is 90.5 cm³/mol. The van der Waals surface area contributed by atoms with E-state index in [2.05, 4.69) is 10.6 Å². The summed E-state index contributed by atoms with van der Waals surface area (Å²) in [6.45, 7) is 3.59. The highest BCUT2D eigenvalue weighted by molar-refractivity contribution is 7.80. The van der Waals surface area contributed by atoms with Crippen molar-refractivity contribution in [1.82, 2.24) is 5.32 Å². The van der Waals surface area contributed by atoms with Crippen molar-refractivity contribution in [3.05, 3.63) is 41.7 Å². The number of anilines is 1. The molecule has 120 valence electrons. The molecule has 0 saturated carbocycles. The summed E-state index contributed by atoms with van der Waals surface area (Å²) in [6.07, 6.45) is 0.338. The van der Waals surface area contributed by atoms with Gasteiger partial charge in [-0.3, -0.25) is 4.79 Å². The van der Waals surface area contributed by atoms with E-state index in [0.29, 0.717) is 17.9 Å². The summed E-state index contributed by atoms with van der Waals surface area (Å²) >= 11 is 5.09. The predicted octanol–water partition coefficient (Wildman–Crippen LogP) is 3.18. The van der Waals surface area contributed by atoms with Crippen LogP contribution in [-0.2, 0) is 4.79 Å². The molecule has 2 aromatic rings. The number of carboxylic acid groups (broad SMARTS) is 1. The Kier molecular flexibility index (Phi) is 5.13. The number of hydrogen-bond acceptors (Lipinski definition) is 4. The van der Waals surface area contributed by atoms with Crippen LogP contribution in [-0.4, -0.2) is 22.1 Å². The zero-order valence-corrected chi connectivity index (χ0v) is 13.5. The largest absolute Gasteiger partial charge is 0.475 e. The number of rotatable bonds is 4. The number of hydrogen-bond donors (Lipinski definition) is 3. The Bertz CT molecular complexity index is 767. The average Bonchev–Trinajstić information content (AvgIpc) is 2.99. The van der Waals surface area contributed by atoms with Crippen LogP contribution in [0.1, 0.15) is 29.5 Å². The Labute approximate surface area is 138 Å². The van der Waals surface area contributed by atoms with E-state index in [1.807, 2.05) is 19.1 Å². The minimum Gasteiger partial charge on any atom is -0.475 e. The summed E-state index contributed by atoms with van der Waals surface area (Å²) < 4.78 is 5.32. The van der Waals surface area contributed by atoms with E-state index in [1.54, 1.807) is 19.1 Å². The van der Waals surface area contributed by atoms with Gasteiger partial charge in [-0.05, 0) is 42.9 Å². The van der Waals surface area contributed by atoms with Gasteiger partial charge in [-0.25, -0.2) is 4.79 Å². The molecule has 1 aromatic carbocycles. The molecule has 0 aliphatic rings. The first-order valence-electron chi connectivity index (χ1n) is 6.96. The molecule has 2 rings (SSSR count). The number of nitrogens with one attached hydrogen (secondary N) is 2. The fourth-order valence-corrected chi connectivity index (χ4v) is 2.23. The smallest absolute Gasteiger partial charge is 0.371 e. The molecule has 0 unspecified atom stereocenters. The van der Waals surface area contributed by atoms with Crippen molar-refractivity contribution in [2.45, 2.75) is 20.3 Å². The van der Waals surface area contributed by atoms with Gasteiger partial charge in [-0.2, -0.15) is 0 Å². The van der Waals surface area contributed by atoms with Crippen LogP contribution in [0.2, 0.25) is 0 Å². The monoisotopic (exact) mass is 332 g/mol. The van der Waals surface area contributed by atoms with E-state index in [1.165, 1.54) is 6.07 Å². The first kappa shape index (κ1) is 16.7. The third kappa shape index (κ3) is 3.95. The van der Waals surface area contributed by atoms with Crippen LogP contribution >= 0.6 is 12.2 Å². The summed E-state index contributed by atoms with van der Waals surface area (Å²) in [5.74, 6) is -0.962. The fraction of sp³-hybridized carbons (Fsp3) is 0.188. The molecule has 1 amide bonds. The second-order valence-electron chi connectivity index (χ2n) is 4.80. The Morgan fingerprint density at radius 3 is 2.61 bits per heavy atom. The van der Waals surface area contributed by atoms with E-state index in [4.69, 9.17) is 21.7 Å². The number of amides is 1. The minimum absolute atomic E-state index is 0.122. The first-order valence-corrected chi connectivity index (χ1v) is 7.37. The molecule has 0 spiro atoms. The maximum atomic E-state index is 11.3. The van der Waals surface area contributed by atoms with Crippen molar-refractivity contribution in [2.75, 3.05) is 5.32 Å². The normalized spacial score (nSPS) is 10.2. The molecular weight excluding hydrogens is 316 g/mol. The molecule has 0 bridgehead atoms. The lowest BCUT2D eigenvalue weighted by atomic mass is 10.0. The molecule has 0 saturated heterocycles. The van der Waals surface area contributed by atoms with Crippen LogP contribution in [0.5, 0.6) is 0 Å².